The van der Waals surface area contributed by atoms with Crippen LogP contribution < -0.4 is 10.2 Å². The fourth-order valence-electron chi connectivity index (χ4n) is 5.09. The van der Waals surface area contributed by atoms with Gasteiger partial charge in [0.2, 0.25) is 11.8 Å². The highest BCUT2D eigenvalue weighted by molar-refractivity contribution is 6.06. The number of nitrogens with one attached hydrogen (secondary N) is 1. The summed E-state index contributed by atoms with van der Waals surface area (Å²) in [5.41, 5.74) is 3.65. The first-order valence-corrected chi connectivity index (χ1v) is 11.5. The van der Waals surface area contributed by atoms with E-state index in [0.29, 0.717) is 44.0 Å². The van der Waals surface area contributed by atoms with Gasteiger partial charge in [0.25, 0.3) is 5.91 Å². The molecule has 9 heteroatoms. The number of aryl methyl sites for hydroxylation is 1. The molecule has 0 spiro atoms. The van der Waals surface area contributed by atoms with Crippen molar-refractivity contribution in [1.29, 1.82) is 0 Å². The van der Waals surface area contributed by atoms with Gasteiger partial charge in [0.15, 0.2) is 0 Å². The second-order valence-electron chi connectivity index (χ2n) is 9.18. The van der Waals surface area contributed by atoms with Crippen LogP contribution in [0.15, 0.2) is 30.3 Å². The van der Waals surface area contributed by atoms with Gasteiger partial charge in [-0.2, -0.15) is 0 Å². The summed E-state index contributed by atoms with van der Waals surface area (Å²) in [6.45, 7) is 5.51. The number of anilines is 1. The van der Waals surface area contributed by atoms with Crippen LogP contribution in [0.3, 0.4) is 0 Å². The van der Waals surface area contributed by atoms with Crippen molar-refractivity contribution in [3.8, 4) is 0 Å². The maximum absolute atomic E-state index is 14.5. The third-order valence-electron chi connectivity index (χ3n) is 7.02. The summed E-state index contributed by atoms with van der Waals surface area (Å²) >= 11 is 0. The molecule has 1 atom stereocenters. The lowest BCUT2D eigenvalue weighted by Gasteiger charge is -2.37. The van der Waals surface area contributed by atoms with Crippen molar-refractivity contribution in [3.05, 3.63) is 64.2 Å². The van der Waals surface area contributed by atoms with Crippen LogP contribution in [0, 0.1) is 18.6 Å². The van der Waals surface area contributed by atoms with E-state index >= 15 is 0 Å². The molecule has 2 aromatic carbocycles. The number of nitrogens with zero attached hydrogens (tertiary/aromatic N) is 3. The molecule has 34 heavy (non-hydrogen) atoms. The van der Waals surface area contributed by atoms with Crippen molar-refractivity contribution < 1.29 is 23.2 Å². The van der Waals surface area contributed by atoms with Crippen molar-refractivity contribution >= 4 is 23.4 Å². The summed E-state index contributed by atoms with van der Waals surface area (Å²) in [5.74, 6) is -1.96. The van der Waals surface area contributed by atoms with Crippen LogP contribution in [0.1, 0.15) is 39.9 Å². The minimum Gasteiger partial charge on any atom is -0.369 e. The lowest BCUT2D eigenvalue weighted by atomic mass is 10.0. The van der Waals surface area contributed by atoms with Gasteiger partial charge < -0.3 is 9.80 Å². The van der Waals surface area contributed by atoms with Crippen molar-refractivity contribution in [2.24, 2.45) is 0 Å². The molecule has 0 aliphatic carbocycles. The van der Waals surface area contributed by atoms with Gasteiger partial charge in [0.05, 0.1) is 0 Å². The third-order valence-corrected chi connectivity index (χ3v) is 7.02. The summed E-state index contributed by atoms with van der Waals surface area (Å²) in [6.07, 6.45) is 0.435. The lowest BCUT2D eigenvalue weighted by molar-refractivity contribution is -0.136. The van der Waals surface area contributed by atoms with Crippen molar-refractivity contribution in [1.82, 2.24) is 15.1 Å². The number of piperidine rings is 1. The number of halogens is 2. The Morgan fingerprint density at radius 2 is 1.76 bits per heavy atom. The second-order valence-corrected chi connectivity index (χ2v) is 9.18. The number of amides is 3. The number of carbonyl (C=O) groups excluding carboxylic acids is 3. The molecular weight excluding hydrogens is 442 g/mol. The third kappa shape index (κ3) is 4.16. The van der Waals surface area contributed by atoms with Crippen LogP contribution in [0.4, 0.5) is 14.5 Å². The van der Waals surface area contributed by atoms with Crippen molar-refractivity contribution in [3.63, 3.8) is 0 Å². The Morgan fingerprint density at radius 3 is 2.50 bits per heavy atom. The highest BCUT2D eigenvalue weighted by Gasteiger charge is 2.41. The summed E-state index contributed by atoms with van der Waals surface area (Å²) in [4.78, 5) is 42.6. The first-order chi connectivity index (χ1) is 16.3. The van der Waals surface area contributed by atoms with Gasteiger partial charge in [-0.25, -0.2) is 8.78 Å². The normalized spacial score (nSPS) is 21.1. The number of piperazine rings is 1. The van der Waals surface area contributed by atoms with E-state index < -0.39 is 17.8 Å². The van der Waals surface area contributed by atoms with Crippen LogP contribution in [0.5, 0.6) is 0 Å². The SMILES string of the molecule is Cc1ccc(F)cc1CN1CCN(c2cc(F)cc3c2CN(C2CCC(=O)NC2=O)C3=O)CC1. The highest BCUT2D eigenvalue weighted by atomic mass is 19.1. The van der Waals surface area contributed by atoms with E-state index in [2.05, 4.69) is 15.1 Å². The number of benzene rings is 2. The Hall–Kier alpha value is -3.33. The monoisotopic (exact) mass is 468 g/mol. The Balaban J connectivity index is 1.32. The highest BCUT2D eigenvalue weighted by Crippen LogP contribution is 2.35. The maximum Gasteiger partial charge on any atom is 0.255 e. The molecule has 0 saturated carbocycles. The van der Waals surface area contributed by atoms with Crippen LogP contribution in [0.25, 0.3) is 0 Å². The zero-order chi connectivity index (χ0) is 24.0. The van der Waals surface area contributed by atoms with Crippen molar-refractivity contribution in [2.75, 3.05) is 31.1 Å². The number of rotatable bonds is 4. The average molecular weight is 469 g/mol. The molecule has 1 N–H and O–H groups in total. The van der Waals surface area contributed by atoms with Crippen LogP contribution in [-0.4, -0.2) is 59.7 Å². The topological polar surface area (TPSA) is 73.0 Å². The van der Waals surface area contributed by atoms with Crippen molar-refractivity contribution in [2.45, 2.75) is 38.9 Å². The van der Waals surface area contributed by atoms with Gasteiger partial charge in [-0.3, -0.25) is 24.6 Å². The minimum absolute atomic E-state index is 0.171. The zero-order valence-electron chi connectivity index (χ0n) is 18.9. The molecule has 3 aliphatic heterocycles. The molecule has 3 amide bonds. The van der Waals surface area contributed by atoms with Gasteiger partial charge >= 0.3 is 0 Å². The molecule has 178 valence electrons. The molecule has 5 rings (SSSR count). The standard InChI is InChI=1S/C25H26F2N4O3/c1-15-2-3-17(26)10-16(15)13-29-6-8-30(9-7-29)22-12-18(27)11-19-20(22)14-31(25(19)34)21-4-5-23(32)28-24(21)33/h2-3,10-12,21H,4-9,13-14H2,1H3,(H,28,32,33). The molecule has 7 nitrogen and oxygen atoms in total. The Morgan fingerprint density at radius 1 is 1.00 bits per heavy atom. The predicted molar refractivity (Wildman–Crippen MR) is 121 cm³/mol. The van der Waals surface area contributed by atoms with E-state index in [1.54, 1.807) is 12.1 Å². The summed E-state index contributed by atoms with van der Waals surface area (Å²) in [6, 6.07) is 6.75. The largest absolute Gasteiger partial charge is 0.369 e. The minimum atomic E-state index is -0.736. The van der Waals surface area contributed by atoms with Crippen LogP contribution >= 0.6 is 0 Å². The molecule has 0 radical (unpaired) electrons. The number of hydrogen-bond donors (Lipinski definition) is 1. The smallest absolute Gasteiger partial charge is 0.255 e. The molecule has 3 aliphatic rings. The molecule has 0 bridgehead atoms. The quantitative estimate of drug-likeness (QED) is 0.698. The summed E-state index contributed by atoms with van der Waals surface area (Å²) < 4.78 is 28.2. The molecule has 3 heterocycles. The number of fused-ring (bicyclic) bond motifs is 1. The van der Waals surface area contributed by atoms with E-state index in [4.69, 9.17) is 0 Å². The van der Waals surface area contributed by atoms with Gasteiger partial charge in [-0.05, 0) is 48.7 Å². The average Bonchev–Trinajstić information content (AvgIpc) is 3.12. The Bertz CT molecular complexity index is 1180. The van der Waals surface area contributed by atoms with E-state index in [1.165, 1.54) is 23.1 Å². The summed E-state index contributed by atoms with van der Waals surface area (Å²) in [5, 5.41) is 2.29. The maximum atomic E-state index is 14.5. The Kier molecular flexibility index (Phi) is 5.81. The van der Waals surface area contributed by atoms with Gasteiger partial charge in [-0.1, -0.05) is 6.07 Å². The van der Waals surface area contributed by atoms with E-state index in [9.17, 15) is 23.2 Å². The molecule has 1 unspecified atom stereocenters. The van der Waals surface area contributed by atoms with Gasteiger partial charge in [0.1, 0.15) is 17.7 Å². The molecule has 0 aromatic heterocycles. The predicted octanol–water partition coefficient (Wildman–Crippen LogP) is 2.36. The van der Waals surface area contributed by atoms with Gasteiger partial charge in [0, 0.05) is 62.5 Å². The van der Waals surface area contributed by atoms with E-state index in [-0.39, 0.29) is 42.6 Å². The van der Waals surface area contributed by atoms with E-state index in [0.717, 1.165) is 11.1 Å². The number of imide groups is 1. The molecular formula is C25H26F2N4O3. The zero-order valence-corrected chi connectivity index (χ0v) is 18.9. The van der Waals surface area contributed by atoms with Gasteiger partial charge in [-0.15, -0.1) is 0 Å². The number of carbonyl (C=O) groups is 3. The van der Waals surface area contributed by atoms with E-state index in [1.807, 2.05) is 6.92 Å². The fraction of sp³-hybridized carbons (Fsp3) is 0.400. The first-order valence-electron chi connectivity index (χ1n) is 11.5. The first kappa shape index (κ1) is 22.5. The Labute approximate surface area is 196 Å². The number of hydrogen-bond acceptors (Lipinski definition) is 5. The second kappa shape index (κ2) is 8.79. The fourth-order valence-corrected chi connectivity index (χ4v) is 5.09. The molecule has 2 saturated heterocycles. The lowest BCUT2D eigenvalue weighted by Crippen LogP contribution is -2.52. The molecule has 2 aromatic rings. The van der Waals surface area contributed by atoms with Crippen LogP contribution in [0.2, 0.25) is 0 Å². The summed E-state index contributed by atoms with van der Waals surface area (Å²) in [7, 11) is 0. The van der Waals surface area contributed by atoms with Crippen LogP contribution in [-0.2, 0) is 22.7 Å². The molecule has 2 fully saturated rings.